The zero-order chi connectivity index (χ0) is 12.6. The van der Waals surface area contributed by atoms with Crippen molar-refractivity contribution in [2.24, 2.45) is 11.8 Å². The average molecular weight is 272 g/mol. The summed E-state index contributed by atoms with van der Waals surface area (Å²) in [6.07, 6.45) is 4.37. The van der Waals surface area contributed by atoms with Crippen LogP contribution in [0.4, 0.5) is 0 Å². The van der Waals surface area contributed by atoms with Crippen LogP contribution >= 0.6 is 11.8 Å². The molecule has 18 heavy (non-hydrogen) atoms. The molecule has 5 atom stereocenters. The van der Waals surface area contributed by atoms with Crippen LogP contribution in [-0.2, 0) is 9.47 Å². The van der Waals surface area contributed by atoms with Crippen LogP contribution in [0.15, 0.2) is 0 Å². The van der Waals surface area contributed by atoms with Gasteiger partial charge in [0.25, 0.3) is 0 Å². The standard InChI is InChI=1S/C14H24O3S/c1-10-6-12(8-16-10)13(15)11-2-4-17-14(7-11)3-5-18-9-14/h10-13,15H,2-9H2,1H3. The van der Waals surface area contributed by atoms with E-state index in [0.29, 0.717) is 17.9 Å². The van der Waals surface area contributed by atoms with Crippen LogP contribution in [0.3, 0.4) is 0 Å². The lowest BCUT2D eigenvalue weighted by molar-refractivity contribution is -0.109. The molecular formula is C14H24O3S. The number of rotatable bonds is 2. The van der Waals surface area contributed by atoms with Gasteiger partial charge in [0.05, 0.1) is 24.4 Å². The van der Waals surface area contributed by atoms with Crippen molar-refractivity contribution < 1.29 is 14.6 Å². The maximum Gasteiger partial charge on any atom is 0.0783 e. The molecule has 0 bridgehead atoms. The molecule has 0 amide bonds. The number of thioether (sulfide) groups is 1. The van der Waals surface area contributed by atoms with Gasteiger partial charge in [-0.05, 0) is 44.3 Å². The number of aliphatic hydroxyl groups excluding tert-OH is 1. The lowest BCUT2D eigenvalue weighted by Crippen LogP contribution is -2.45. The maximum atomic E-state index is 10.6. The maximum absolute atomic E-state index is 10.6. The minimum absolute atomic E-state index is 0.0830. The average Bonchev–Trinajstić information content (AvgIpc) is 2.98. The predicted octanol–water partition coefficient (Wildman–Crippen LogP) is 2.07. The third-order valence-corrected chi connectivity index (χ3v) is 6.02. The molecule has 0 radical (unpaired) electrons. The fourth-order valence-corrected chi connectivity index (χ4v) is 5.07. The Bertz CT molecular complexity index is 291. The summed E-state index contributed by atoms with van der Waals surface area (Å²) < 4.78 is 11.6. The number of hydrogen-bond acceptors (Lipinski definition) is 4. The second kappa shape index (κ2) is 5.31. The second-order valence-corrected chi connectivity index (χ2v) is 7.32. The number of ether oxygens (including phenoxy) is 2. The van der Waals surface area contributed by atoms with Crippen LogP contribution in [0.25, 0.3) is 0 Å². The zero-order valence-corrected chi connectivity index (χ0v) is 12.0. The molecule has 1 N–H and O–H groups in total. The zero-order valence-electron chi connectivity index (χ0n) is 11.1. The minimum Gasteiger partial charge on any atom is -0.392 e. The summed E-state index contributed by atoms with van der Waals surface area (Å²) in [5.41, 5.74) is 0.0830. The van der Waals surface area contributed by atoms with Crippen molar-refractivity contribution in [3.63, 3.8) is 0 Å². The third kappa shape index (κ3) is 2.58. The van der Waals surface area contributed by atoms with Crippen molar-refractivity contribution in [2.75, 3.05) is 24.7 Å². The van der Waals surface area contributed by atoms with E-state index < -0.39 is 0 Å². The van der Waals surface area contributed by atoms with E-state index in [4.69, 9.17) is 9.47 Å². The third-order valence-electron chi connectivity index (χ3n) is 4.79. The first-order chi connectivity index (χ1) is 8.69. The topological polar surface area (TPSA) is 38.7 Å². The van der Waals surface area contributed by atoms with Crippen LogP contribution in [0.1, 0.15) is 32.6 Å². The van der Waals surface area contributed by atoms with Gasteiger partial charge in [-0.2, -0.15) is 11.8 Å². The van der Waals surface area contributed by atoms with Gasteiger partial charge in [-0.3, -0.25) is 0 Å². The van der Waals surface area contributed by atoms with Crippen molar-refractivity contribution >= 4 is 11.8 Å². The first-order valence-corrected chi connectivity index (χ1v) is 8.35. The largest absolute Gasteiger partial charge is 0.392 e. The summed E-state index contributed by atoms with van der Waals surface area (Å²) in [5, 5.41) is 10.6. The first-order valence-electron chi connectivity index (χ1n) is 7.20. The summed E-state index contributed by atoms with van der Waals surface area (Å²) in [6.45, 7) is 3.67. The quantitative estimate of drug-likeness (QED) is 0.835. The van der Waals surface area contributed by atoms with Gasteiger partial charge in [-0.1, -0.05) is 0 Å². The fraction of sp³-hybridized carbons (Fsp3) is 1.00. The fourth-order valence-electron chi connectivity index (χ4n) is 3.69. The molecule has 3 nitrogen and oxygen atoms in total. The van der Waals surface area contributed by atoms with E-state index in [2.05, 4.69) is 6.92 Å². The van der Waals surface area contributed by atoms with Crippen LogP contribution < -0.4 is 0 Å². The molecule has 0 aromatic heterocycles. The lowest BCUT2D eigenvalue weighted by atomic mass is 9.78. The van der Waals surface area contributed by atoms with Gasteiger partial charge in [-0.25, -0.2) is 0 Å². The first kappa shape index (κ1) is 13.2. The van der Waals surface area contributed by atoms with Gasteiger partial charge in [0.1, 0.15) is 0 Å². The van der Waals surface area contributed by atoms with Gasteiger partial charge < -0.3 is 14.6 Å². The Morgan fingerprint density at radius 3 is 2.94 bits per heavy atom. The highest BCUT2D eigenvalue weighted by Crippen LogP contribution is 2.43. The van der Waals surface area contributed by atoms with Gasteiger partial charge in [0, 0.05) is 18.3 Å². The molecule has 0 aliphatic carbocycles. The minimum atomic E-state index is -0.193. The predicted molar refractivity (Wildman–Crippen MR) is 72.9 cm³/mol. The highest BCUT2D eigenvalue weighted by Gasteiger charge is 2.44. The summed E-state index contributed by atoms with van der Waals surface area (Å²) in [4.78, 5) is 0. The molecular weight excluding hydrogens is 248 g/mol. The summed E-state index contributed by atoms with van der Waals surface area (Å²) in [7, 11) is 0. The Hall–Kier alpha value is 0.230. The van der Waals surface area contributed by atoms with Gasteiger partial charge in [0.15, 0.2) is 0 Å². The molecule has 5 unspecified atom stereocenters. The van der Waals surface area contributed by atoms with E-state index in [0.717, 1.165) is 38.2 Å². The Labute approximate surface area is 114 Å². The van der Waals surface area contributed by atoms with Crippen molar-refractivity contribution in [1.82, 2.24) is 0 Å². The number of aliphatic hydroxyl groups is 1. The van der Waals surface area contributed by atoms with E-state index in [-0.39, 0.29) is 11.7 Å². The number of hydrogen-bond donors (Lipinski definition) is 1. The van der Waals surface area contributed by atoms with Crippen molar-refractivity contribution in [3.05, 3.63) is 0 Å². The van der Waals surface area contributed by atoms with E-state index in [1.807, 2.05) is 11.8 Å². The van der Waals surface area contributed by atoms with E-state index >= 15 is 0 Å². The second-order valence-electron chi connectivity index (χ2n) is 6.22. The molecule has 3 saturated heterocycles. The Morgan fingerprint density at radius 2 is 2.28 bits per heavy atom. The van der Waals surface area contributed by atoms with E-state index in [1.165, 1.54) is 12.2 Å². The van der Waals surface area contributed by atoms with Crippen LogP contribution in [0.5, 0.6) is 0 Å². The molecule has 0 aromatic rings. The molecule has 4 heteroatoms. The Balaban J connectivity index is 1.61. The lowest BCUT2D eigenvalue weighted by Gasteiger charge is -2.40. The monoisotopic (exact) mass is 272 g/mol. The van der Waals surface area contributed by atoms with Crippen molar-refractivity contribution in [3.8, 4) is 0 Å². The molecule has 104 valence electrons. The molecule has 3 heterocycles. The Morgan fingerprint density at radius 1 is 1.39 bits per heavy atom. The molecule has 0 aromatic carbocycles. The molecule has 3 aliphatic rings. The normalized spacial score (nSPS) is 46.7. The molecule has 3 aliphatic heterocycles. The van der Waals surface area contributed by atoms with Gasteiger partial charge >= 0.3 is 0 Å². The highest BCUT2D eigenvalue weighted by molar-refractivity contribution is 7.99. The molecule has 3 fully saturated rings. The van der Waals surface area contributed by atoms with E-state index in [1.54, 1.807) is 0 Å². The molecule has 3 rings (SSSR count). The Kier molecular flexibility index (Phi) is 3.90. The highest BCUT2D eigenvalue weighted by atomic mass is 32.2. The van der Waals surface area contributed by atoms with Crippen LogP contribution in [-0.4, -0.2) is 47.6 Å². The summed E-state index contributed by atoms with van der Waals surface area (Å²) in [5.74, 6) is 3.09. The smallest absolute Gasteiger partial charge is 0.0783 e. The van der Waals surface area contributed by atoms with Crippen LogP contribution in [0, 0.1) is 11.8 Å². The van der Waals surface area contributed by atoms with Gasteiger partial charge in [-0.15, -0.1) is 0 Å². The summed E-state index contributed by atoms with van der Waals surface area (Å²) >= 11 is 1.99. The molecule has 1 spiro atoms. The van der Waals surface area contributed by atoms with Crippen molar-refractivity contribution in [1.29, 1.82) is 0 Å². The summed E-state index contributed by atoms with van der Waals surface area (Å²) in [6, 6.07) is 0. The van der Waals surface area contributed by atoms with Crippen LogP contribution in [0.2, 0.25) is 0 Å². The SMILES string of the molecule is CC1CC(C(O)C2CCOC3(CCSC3)C2)CO1. The molecule has 0 saturated carbocycles. The van der Waals surface area contributed by atoms with Crippen molar-refractivity contribution in [2.45, 2.75) is 50.4 Å². The van der Waals surface area contributed by atoms with E-state index in [9.17, 15) is 5.11 Å². The van der Waals surface area contributed by atoms with Gasteiger partial charge in [0.2, 0.25) is 0 Å².